The molecule has 0 saturated carbocycles. The molecule has 148 valence electrons. The fourth-order valence-electron chi connectivity index (χ4n) is 3.29. The van der Waals surface area contributed by atoms with E-state index in [1.165, 1.54) is 30.7 Å². The molecule has 2 aromatic carbocycles. The molecule has 1 saturated heterocycles. The molecular weight excluding hydrogens is 364 g/mol. The number of hydrogen-bond donors (Lipinski definition) is 1. The Bertz CT molecular complexity index is 849. The highest BCUT2D eigenvalue weighted by Gasteiger charge is 2.16. The van der Waals surface area contributed by atoms with Crippen LogP contribution < -0.4 is 15.1 Å². The van der Waals surface area contributed by atoms with Crippen LogP contribution in [0.1, 0.15) is 26.2 Å². The van der Waals surface area contributed by atoms with E-state index in [0.29, 0.717) is 5.69 Å². The molecule has 2 aromatic rings. The Labute approximate surface area is 162 Å². The van der Waals surface area contributed by atoms with Crippen LogP contribution in [0.4, 0.5) is 25.8 Å². The van der Waals surface area contributed by atoms with Gasteiger partial charge in [0, 0.05) is 56.1 Å². The standard InChI is InChI=1S/C21H23F2N3O2/c1-15(27)26(18-8-9-19(22)20(23)14-18)13-10-21(28)24-16-4-6-17(7-5-16)25-11-2-3-12-25/h4-9,14H,2-3,10-13H2,1H3,(H,24,28). The Morgan fingerprint density at radius 3 is 2.32 bits per heavy atom. The van der Waals surface area contributed by atoms with Gasteiger partial charge in [0.05, 0.1) is 0 Å². The van der Waals surface area contributed by atoms with E-state index >= 15 is 0 Å². The van der Waals surface area contributed by atoms with Crippen molar-refractivity contribution in [1.82, 2.24) is 0 Å². The van der Waals surface area contributed by atoms with Gasteiger partial charge in [0.25, 0.3) is 0 Å². The maximum atomic E-state index is 13.4. The summed E-state index contributed by atoms with van der Waals surface area (Å²) < 4.78 is 26.5. The summed E-state index contributed by atoms with van der Waals surface area (Å²) in [5.74, 6) is -2.63. The molecule has 1 heterocycles. The van der Waals surface area contributed by atoms with Crippen LogP contribution in [0, 0.1) is 11.6 Å². The summed E-state index contributed by atoms with van der Waals surface area (Å²) >= 11 is 0. The van der Waals surface area contributed by atoms with Crippen molar-refractivity contribution in [3.8, 4) is 0 Å². The molecule has 0 spiro atoms. The van der Waals surface area contributed by atoms with Gasteiger partial charge in [-0.15, -0.1) is 0 Å². The van der Waals surface area contributed by atoms with E-state index in [0.717, 1.165) is 30.9 Å². The second-order valence-electron chi connectivity index (χ2n) is 6.81. The number of amides is 2. The zero-order valence-corrected chi connectivity index (χ0v) is 15.8. The molecule has 1 fully saturated rings. The van der Waals surface area contributed by atoms with Crippen LogP contribution in [-0.4, -0.2) is 31.4 Å². The largest absolute Gasteiger partial charge is 0.372 e. The Morgan fingerprint density at radius 1 is 1.04 bits per heavy atom. The van der Waals surface area contributed by atoms with Gasteiger partial charge in [0.15, 0.2) is 11.6 Å². The van der Waals surface area contributed by atoms with E-state index in [1.807, 2.05) is 24.3 Å². The van der Waals surface area contributed by atoms with Gasteiger partial charge in [-0.1, -0.05) is 0 Å². The molecule has 7 heteroatoms. The average Bonchev–Trinajstić information content (AvgIpc) is 3.20. The van der Waals surface area contributed by atoms with Gasteiger partial charge < -0.3 is 15.1 Å². The highest BCUT2D eigenvalue weighted by Crippen LogP contribution is 2.22. The van der Waals surface area contributed by atoms with Gasteiger partial charge in [-0.2, -0.15) is 0 Å². The molecule has 0 aliphatic carbocycles. The first-order valence-corrected chi connectivity index (χ1v) is 9.32. The van der Waals surface area contributed by atoms with Crippen LogP contribution in [0.15, 0.2) is 42.5 Å². The summed E-state index contributed by atoms with van der Waals surface area (Å²) in [6.07, 6.45) is 2.43. The Balaban J connectivity index is 1.57. The minimum atomic E-state index is -1.04. The zero-order chi connectivity index (χ0) is 20.1. The van der Waals surface area contributed by atoms with Crippen molar-refractivity contribution in [2.45, 2.75) is 26.2 Å². The van der Waals surface area contributed by atoms with Crippen molar-refractivity contribution in [2.24, 2.45) is 0 Å². The maximum absolute atomic E-state index is 13.4. The first-order valence-electron chi connectivity index (χ1n) is 9.32. The van der Waals surface area contributed by atoms with E-state index in [9.17, 15) is 18.4 Å². The molecular formula is C21H23F2N3O2. The number of hydrogen-bond acceptors (Lipinski definition) is 3. The molecule has 1 N–H and O–H groups in total. The van der Waals surface area contributed by atoms with Crippen LogP contribution in [0.5, 0.6) is 0 Å². The predicted octanol–water partition coefficient (Wildman–Crippen LogP) is 3.95. The first-order chi connectivity index (χ1) is 13.4. The van der Waals surface area contributed by atoms with Gasteiger partial charge >= 0.3 is 0 Å². The van der Waals surface area contributed by atoms with Gasteiger partial charge in [0.2, 0.25) is 11.8 Å². The summed E-state index contributed by atoms with van der Waals surface area (Å²) in [7, 11) is 0. The van der Waals surface area contributed by atoms with Crippen LogP contribution in [0.25, 0.3) is 0 Å². The third-order valence-electron chi connectivity index (χ3n) is 4.78. The normalized spacial score (nSPS) is 13.5. The minimum Gasteiger partial charge on any atom is -0.372 e. The van der Waals surface area contributed by atoms with E-state index in [-0.39, 0.29) is 30.5 Å². The van der Waals surface area contributed by atoms with Crippen molar-refractivity contribution >= 4 is 28.9 Å². The molecule has 1 aliphatic heterocycles. The van der Waals surface area contributed by atoms with E-state index in [2.05, 4.69) is 10.2 Å². The van der Waals surface area contributed by atoms with Gasteiger partial charge in [-0.25, -0.2) is 8.78 Å². The van der Waals surface area contributed by atoms with Crippen LogP contribution in [0.2, 0.25) is 0 Å². The van der Waals surface area contributed by atoms with Gasteiger partial charge in [0.1, 0.15) is 0 Å². The molecule has 0 bridgehead atoms. The monoisotopic (exact) mass is 387 g/mol. The number of nitrogens with zero attached hydrogens (tertiary/aromatic N) is 2. The lowest BCUT2D eigenvalue weighted by Crippen LogP contribution is -2.32. The Kier molecular flexibility index (Phi) is 6.23. The quantitative estimate of drug-likeness (QED) is 0.817. The van der Waals surface area contributed by atoms with E-state index < -0.39 is 11.6 Å². The minimum absolute atomic E-state index is 0.0342. The Morgan fingerprint density at radius 2 is 1.71 bits per heavy atom. The maximum Gasteiger partial charge on any atom is 0.226 e. The molecule has 5 nitrogen and oxygen atoms in total. The molecule has 28 heavy (non-hydrogen) atoms. The van der Waals surface area contributed by atoms with Crippen molar-refractivity contribution < 1.29 is 18.4 Å². The van der Waals surface area contributed by atoms with Crippen LogP contribution in [-0.2, 0) is 9.59 Å². The van der Waals surface area contributed by atoms with Crippen LogP contribution in [0.3, 0.4) is 0 Å². The SMILES string of the molecule is CC(=O)N(CCC(=O)Nc1ccc(N2CCCC2)cc1)c1ccc(F)c(F)c1. The van der Waals surface area contributed by atoms with E-state index in [4.69, 9.17) is 0 Å². The smallest absolute Gasteiger partial charge is 0.226 e. The highest BCUT2D eigenvalue weighted by atomic mass is 19.2. The number of carbonyl (C=O) groups excluding carboxylic acids is 2. The average molecular weight is 387 g/mol. The molecule has 0 unspecified atom stereocenters. The summed E-state index contributed by atoms with van der Waals surface area (Å²) in [5, 5.41) is 2.80. The van der Waals surface area contributed by atoms with Crippen LogP contribution >= 0.6 is 0 Å². The third kappa shape index (κ3) is 4.85. The Hall–Kier alpha value is -2.96. The van der Waals surface area contributed by atoms with E-state index in [1.54, 1.807) is 0 Å². The number of nitrogens with one attached hydrogen (secondary N) is 1. The van der Waals surface area contributed by atoms with Crippen molar-refractivity contribution in [3.05, 3.63) is 54.1 Å². The molecule has 0 radical (unpaired) electrons. The van der Waals surface area contributed by atoms with Gasteiger partial charge in [-0.05, 0) is 49.2 Å². The lowest BCUT2D eigenvalue weighted by molar-refractivity contribution is -0.117. The molecule has 3 rings (SSSR count). The number of rotatable bonds is 6. The fraction of sp³-hybridized carbons (Fsp3) is 0.333. The summed E-state index contributed by atoms with van der Waals surface area (Å²) in [6.45, 7) is 3.49. The van der Waals surface area contributed by atoms with Crippen molar-refractivity contribution in [1.29, 1.82) is 0 Å². The number of benzene rings is 2. The highest BCUT2D eigenvalue weighted by molar-refractivity contribution is 5.94. The van der Waals surface area contributed by atoms with Crippen molar-refractivity contribution in [2.75, 3.05) is 34.8 Å². The number of carbonyl (C=O) groups is 2. The topological polar surface area (TPSA) is 52.7 Å². The first kappa shape index (κ1) is 19.8. The number of anilines is 3. The second-order valence-corrected chi connectivity index (χ2v) is 6.81. The number of halogens is 2. The summed E-state index contributed by atoms with van der Waals surface area (Å²) in [4.78, 5) is 27.6. The zero-order valence-electron chi connectivity index (χ0n) is 15.8. The lowest BCUT2D eigenvalue weighted by atomic mass is 10.2. The molecule has 0 atom stereocenters. The molecule has 2 amide bonds. The third-order valence-corrected chi connectivity index (χ3v) is 4.78. The van der Waals surface area contributed by atoms with Gasteiger partial charge in [-0.3, -0.25) is 9.59 Å². The van der Waals surface area contributed by atoms with Crippen molar-refractivity contribution in [3.63, 3.8) is 0 Å². The molecule has 0 aromatic heterocycles. The predicted molar refractivity (Wildman–Crippen MR) is 106 cm³/mol. The lowest BCUT2D eigenvalue weighted by Gasteiger charge is -2.21. The second kappa shape index (κ2) is 8.82. The summed E-state index contributed by atoms with van der Waals surface area (Å²) in [5.41, 5.74) is 2.03. The fourth-order valence-corrected chi connectivity index (χ4v) is 3.29. The summed E-state index contributed by atoms with van der Waals surface area (Å²) in [6, 6.07) is 10.9. The molecule has 1 aliphatic rings.